The fraction of sp³-hybridized carbons (Fsp3) is 0.455. The van der Waals surface area contributed by atoms with E-state index in [1.54, 1.807) is 12.3 Å². The van der Waals surface area contributed by atoms with Gasteiger partial charge in [0.05, 0.1) is 26.5 Å². The number of carbonyl (C=O) groups excluding carboxylic acids is 2. The second-order valence-electron chi connectivity index (χ2n) is 3.89. The van der Waals surface area contributed by atoms with Gasteiger partial charge in [-0.2, -0.15) is 0 Å². The molecule has 1 aromatic heterocycles. The molecular formula is C11H14N2O4. The van der Waals surface area contributed by atoms with E-state index in [4.69, 9.17) is 4.42 Å². The summed E-state index contributed by atoms with van der Waals surface area (Å²) in [7, 11) is 1.31. The summed E-state index contributed by atoms with van der Waals surface area (Å²) in [6.07, 6.45) is 1.58. The summed E-state index contributed by atoms with van der Waals surface area (Å²) in [4.78, 5) is 24.7. The van der Waals surface area contributed by atoms with Crippen LogP contribution in [-0.2, 0) is 20.9 Å². The van der Waals surface area contributed by atoms with Crippen LogP contribution in [0, 0.1) is 0 Å². The summed E-state index contributed by atoms with van der Waals surface area (Å²) in [5, 5.41) is 2.59. The van der Waals surface area contributed by atoms with Crippen LogP contribution in [0.15, 0.2) is 22.8 Å². The lowest BCUT2D eigenvalue weighted by Gasteiger charge is -2.30. The minimum atomic E-state index is -0.601. The number of rotatable bonds is 3. The van der Waals surface area contributed by atoms with Crippen LogP contribution in [0.3, 0.4) is 0 Å². The van der Waals surface area contributed by atoms with Gasteiger partial charge in [-0.3, -0.25) is 9.69 Å². The average molecular weight is 238 g/mol. The highest BCUT2D eigenvalue weighted by Gasteiger charge is 2.30. The third-order valence-corrected chi connectivity index (χ3v) is 2.59. The van der Waals surface area contributed by atoms with Gasteiger partial charge in [-0.1, -0.05) is 0 Å². The van der Waals surface area contributed by atoms with Gasteiger partial charge in [0, 0.05) is 6.54 Å². The first-order valence-corrected chi connectivity index (χ1v) is 5.31. The molecule has 2 rings (SSSR count). The Morgan fingerprint density at radius 3 is 3.18 bits per heavy atom. The van der Waals surface area contributed by atoms with Crippen LogP contribution < -0.4 is 5.32 Å². The zero-order valence-corrected chi connectivity index (χ0v) is 9.51. The Labute approximate surface area is 98.5 Å². The number of piperazine rings is 1. The molecule has 1 atom stereocenters. The number of esters is 1. The minimum absolute atomic E-state index is 0.182. The number of hydrogen-bond acceptors (Lipinski definition) is 5. The van der Waals surface area contributed by atoms with E-state index in [1.165, 1.54) is 7.11 Å². The van der Waals surface area contributed by atoms with Crippen LogP contribution in [-0.4, -0.2) is 43.0 Å². The molecule has 0 saturated carbocycles. The summed E-state index contributed by atoms with van der Waals surface area (Å²) in [5.74, 6) is 0.156. The summed E-state index contributed by atoms with van der Waals surface area (Å²) >= 11 is 0. The zero-order valence-electron chi connectivity index (χ0n) is 9.51. The van der Waals surface area contributed by atoms with Crippen LogP contribution in [0.2, 0.25) is 0 Å². The van der Waals surface area contributed by atoms with Gasteiger partial charge < -0.3 is 14.5 Å². The Morgan fingerprint density at radius 2 is 2.53 bits per heavy atom. The summed E-state index contributed by atoms with van der Waals surface area (Å²) in [6.45, 7) is 1.20. The maximum Gasteiger partial charge on any atom is 0.329 e. The van der Waals surface area contributed by atoms with Gasteiger partial charge in [0.15, 0.2) is 0 Å². The largest absolute Gasteiger partial charge is 0.468 e. The predicted molar refractivity (Wildman–Crippen MR) is 57.9 cm³/mol. The van der Waals surface area contributed by atoms with Gasteiger partial charge in [-0.25, -0.2) is 4.79 Å². The SMILES string of the molecule is COC(=O)C1CN(Cc2ccco2)CC(=O)N1. The molecule has 17 heavy (non-hydrogen) atoms. The Bertz CT molecular complexity index is 402. The van der Waals surface area contributed by atoms with Crippen molar-refractivity contribution in [1.29, 1.82) is 0 Å². The van der Waals surface area contributed by atoms with Crippen molar-refractivity contribution in [3.63, 3.8) is 0 Å². The molecule has 92 valence electrons. The van der Waals surface area contributed by atoms with Gasteiger partial charge in [0.25, 0.3) is 0 Å². The Balaban J connectivity index is 1.98. The molecule has 1 fully saturated rings. The minimum Gasteiger partial charge on any atom is -0.468 e. The van der Waals surface area contributed by atoms with E-state index in [1.807, 2.05) is 11.0 Å². The molecule has 1 N–H and O–H groups in total. The number of nitrogens with one attached hydrogen (secondary N) is 1. The van der Waals surface area contributed by atoms with Crippen molar-refractivity contribution in [2.45, 2.75) is 12.6 Å². The van der Waals surface area contributed by atoms with Crippen LogP contribution >= 0.6 is 0 Å². The van der Waals surface area contributed by atoms with Crippen LogP contribution in [0.5, 0.6) is 0 Å². The van der Waals surface area contributed by atoms with Crippen molar-refractivity contribution in [1.82, 2.24) is 10.2 Å². The molecule has 0 aliphatic carbocycles. The van der Waals surface area contributed by atoms with E-state index in [-0.39, 0.29) is 12.5 Å². The molecule has 1 aromatic rings. The molecule has 1 unspecified atom stereocenters. The van der Waals surface area contributed by atoms with Crippen LogP contribution in [0.4, 0.5) is 0 Å². The Morgan fingerprint density at radius 1 is 1.71 bits per heavy atom. The molecule has 1 saturated heterocycles. The number of hydrogen-bond donors (Lipinski definition) is 1. The number of furan rings is 1. The van der Waals surface area contributed by atoms with Crippen LogP contribution in [0.25, 0.3) is 0 Å². The van der Waals surface area contributed by atoms with Crippen molar-refractivity contribution in [2.75, 3.05) is 20.2 Å². The number of amides is 1. The molecule has 0 aromatic carbocycles. The maximum atomic E-state index is 11.4. The highest BCUT2D eigenvalue weighted by molar-refractivity contribution is 5.86. The molecule has 1 amide bonds. The van der Waals surface area contributed by atoms with Crippen molar-refractivity contribution in [3.05, 3.63) is 24.2 Å². The molecule has 6 heteroatoms. The first kappa shape index (κ1) is 11.7. The number of nitrogens with zero attached hydrogens (tertiary/aromatic N) is 1. The third kappa shape index (κ3) is 2.85. The van der Waals surface area contributed by atoms with Crippen molar-refractivity contribution in [3.8, 4) is 0 Å². The second-order valence-corrected chi connectivity index (χ2v) is 3.89. The second kappa shape index (κ2) is 5.01. The molecule has 2 heterocycles. The third-order valence-electron chi connectivity index (χ3n) is 2.59. The monoisotopic (exact) mass is 238 g/mol. The number of carbonyl (C=O) groups is 2. The highest BCUT2D eigenvalue weighted by atomic mass is 16.5. The lowest BCUT2D eigenvalue weighted by atomic mass is 10.2. The van der Waals surface area contributed by atoms with Crippen LogP contribution in [0.1, 0.15) is 5.76 Å². The standard InChI is InChI=1S/C11H14N2O4/c1-16-11(15)9-6-13(7-10(14)12-9)5-8-3-2-4-17-8/h2-4,9H,5-7H2,1H3,(H,12,14). The number of methoxy groups -OCH3 is 1. The average Bonchev–Trinajstić information content (AvgIpc) is 2.80. The fourth-order valence-electron chi connectivity index (χ4n) is 1.83. The quantitative estimate of drug-likeness (QED) is 0.735. The lowest BCUT2D eigenvalue weighted by Crippen LogP contribution is -2.57. The van der Waals surface area contributed by atoms with E-state index >= 15 is 0 Å². The van der Waals surface area contributed by atoms with Crippen molar-refractivity contribution in [2.24, 2.45) is 0 Å². The van der Waals surface area contributed by atoms with Crippen molar-refractivity contribution >= 4 is 11.9 Å². The van der Waals surface area contributed by atoms with E-state index in [2.05, 4.69) is 10.1 Å². The van der Waals surface area contributed by atoms with E-state index < -0.39 is 12.0 Å². The zero-order chi connectivity index (χ0) is 12.3. The molecule has 0 radical (unpaired) electrons. The van der Waals surface area contributed by atoms with E-state index in [0.717, 1.165) is 5.76 Å². The van der Waals surface area contributed by atoms with E-state index in [9.17, 15) is 9.59 Å². The smallest absolute Gasteiger partial charge is 0.329 e. The Hall–Kier alpha value is -1.82. The lowest BCUT2D eigenvalue weighted by molar-refractivity contribution is -0.147. The Kier molecular flexibility index (Phi) is 3.43. The fourth-order valence-corrected chi connectivity index (χ4v) is 1.83. The normalized spacial score (nSPS) is 21.0. The van der Waals surface area contributed by atoms with E-state index in [0.29, 0.717) is 13.1 Å². The number of ether oxygens (including phenoxy) is 1. The highest BCUT2D eigenvalue weighted by Crippen LogP contribution is 2.09. The maximum absolute atomic E-state index is 11.4. The van der Waals surface area contributed by atoms with Gasteiger partial charge in [0.1, 0.15) is 11.8 Å². The van der Waals surface area contributed by atoms with Crippen molar-refractivity contribution < 1.29 is 18.7 Å². The first-order valence-electron chi connectivity index (χ1n) is 5.31. The predicted octanol–water partition coefficient (Wildman–Crippen LogP) is -0.247. The molecule has 1 aliphatic heterocycles. The summed E-state index contributed by atoms with van der Waals surface area (Å²) in [5.41, 5.74) is 0. The molecule has 6 nitrogen and oxygen atoms in total. The molecule has 0 bridgehead atoms. The van der Waals surface area contributed by atoms with Gasteiger partial charge >= 0.3 is 5.97 Å². The molecule has 0 spiro atoms. The van der Waals surface area contributed by atoms with Gasteiger partial charge in [-0.05, 0) is 12.1 Å². The summed E-state index contributed by atoms with van der Waals surface area (Å²) in [6, 6.07) is 3.02. The molecular weight excluding hydrogens is 224 g/mol. The topological polar surface area (TPSA) is 71.8 Å². The van der Waals surface area contributed by atoms with Gasteiger partial charge in [-0.15, -0.1) is 0 Å². The summed E-state index contributed by atoms with van der Waals surface area (Å²) < 4.78 is 9.82. The first-order chi connectivity index (χ1) is 8.19. The van der Waals surface area contributed by atoms with Gasteiger partial charge in [0.2, 0.25) is 5.91 Å². The molecule has 1 aliphatic rings.